The van der Waals surface area contributed by atoms with E-state index < -0.39 is 0 Å². The summed E-state index contributed by atoms with van der Waals surface area (Å²) in [4.78, 5) is 35.7. The molecule has 3 N–H and O–H groups in total. The molecule has 6 nitrogen and oxygen atoms in total. The molecule has 8 heteroatoms. The summed E-state index contributed by atoms with van der Waals surface area (Å²) in [5, 5.41) is 3.27. The second kappa shape index (κ2) is 14.7. The molecule has 0 aliphatic heterocycles. The molecule has 1 aliphatic rings. The second-order valence-corrected chi connectivity index (χ2v) is 10.9. The van der Waals surface area contributed by atoms with Crippen molar-refractivity contribution in [3.63, 3.8) is 0 Å². The van der Waals surface area contributed by atoms with Gasteiger partial charge in [0.25, 0.3) is 5.91 Å². The molecule has 0 atom stereocenters. The standard InChI is InChI=1S/C26H28N2O3S.C5H7ClO/c1-31-26(30)19-13-9-17(10-14-19)5-4-6-18-11-15-20(16-12-18)28-25(29)23-21-7-2-3-8-22(21)32-24(23)27;1-3-4(2)5(6)7/h9-16H,2-8,27H2,1H3,(H,28,29);3H,1-2H3/b;4-3+. The number of rotatable bonds is 8. The lowest BCUT2D eigenvalue weighted by Gasteiger charge is -2.13. The number of aryl methyl sites for hydroxylation is 3. The molecule has 0 spiro atoms. The zero-order valence-corrected chi connectivity index (χ0v) is 24.2. The molecule has 206 valence electrons. The quantitative estimate of drug-likeness (QED) is 0.171. The van der Waals surface area contributed by atoms with Crippen LogP contribution >= 0.6 is 22.9 Å². The van der Waals surface area contributed by atoms with Crippen LogP contribution in [0.1, 0.15) is 75.4 Å². The Bertz CT molecular complexity index is 1330. The number of benzene rings is 2. The van der Waals surface area contributed by atoms with Crippen LogP contribution in [0.4, 0.5) is 10.7 Å². The average molecular weight is 567 g/mol. The maximum atomic E-state index is 12.9. The van der Waals surface area contributed by atoms with Crippen LogP contribution in [-0.4, -0.2) is 24.2 Å². The van der Waals surface area contributed by atoms with E-state index in [0.29, 0.717) is 21.7 Å². The molecule has 0 unspecified atom stereocenters. The molecule has 1 aliphatic carbocycles. The molecular formula is C31H35ClN2O4S. The Labute approximate surface area is 239 Å². The van der Waals surface area contributed by atoms with E-state index in [-0.39, 0.29) is 17.1 Å². The van der Waals surface area contributed by atoms with E-state index in [9.17, 15) is 14.4 Å². The maximum Gasteiger partial charge on any atom is 0.337 e. The minimum absolute atomic E-state index is 0.106. The smallest absolute Gasteiger partial charge is 0.337 e. The van der Waals surface area contributed by atoms with Crippen molar-refractivity contribution in [1.82, 2.24) is 0 Å². The van der Waals surface area contributed by atoms with Crippen LogP contribution in [0.15, 0.2) is 60.2 Å². The van der Waals surface area contributed by atoms with Crippen molar-refractivity contribution < 1.29 is 19.1 Å². The molecule has 0 saturated carbocycles. The number of fused-ring (bicyclic) bond motifs is 1. The highest BCUT2D eigenvalue weighted by molar-refractivity contribution is 7.16. The van der Waals surface area contributed by atoms with Crippen LogP contribution in [0, 0.1) is 0 Å². The first-order chi connectivity index (χ1) is 18.7. The number of methoxy groups -OCH3 is 1. The zero-order valence-electron chi connectivity index (χ0n) is 22.6. The van der Waals surface area contributed by atoms with E-state index in [1.165, 1.54) is 29.5 Å². The molecule has 0 radical (unpaired) electrons. The molecule has 0 saturated heterocycles. The van der Waals surface area contributed by atoms with Crippen molar-refractivity contribution >= 4 is 50.7 Å². The summed E-state index contributed by atoms with van der Waals surface area (Å²) in [6.45, 7) is 3.45. The minimum Gasteiger partial charge on any atom is -0.465 e. The predicted octanol–water partition coefficient (Wildman–Crippen LogP) is 7.14. The largest absolute Gasteiger partial charge is 0.465 e. The number of nitrogen functional groups attached to an aromatic ring is 1. The molecule has 0 bridgehead atoms. The maximum absolute atomic E-state index is 12.9. The van der Waals surface area contributed by atoms with Crippen LogP contribution in [0.5, 0.6) is 0 Å². The fourth-order valence-corrected chi connectivity index (χ4v) is 5.59. The van der Waals surface area contributed by atoms with Gasteiger partial charge in [0.2, 0.25) is 5.24 Å². The third-order valence-electron chi connectivity index (χ3n) is 6.69. The number of carbonyl (C=O) groups excluding carboxylic acids is 3. The van der Waals surface area contributed by atoms with Gasteiger partial charge >= 0.3 is 5.97 Å². The highest BCUT2D eigenvalue weighted by Crippen LogP contribution is 2.36. The summed E-state index contributed by atoms with van der Waals surface area (Å²) >= 11 is 6.58. The Morgan fingerprint density at radius 3 is 2.13 bits per heavy atom. The number of hydrogen-bond donors (Lipinski definition) is 2. The fourth-order valence-electron chi connectivity index (χ4n) is 4.32. The van der Waals surface area contributed by atoms with Crippen molar-refractivity contribution in [2.45, 2.75) is 58.8 Å². The van der Waals surface area contributed by atoms with E-state index in [4.69, 9.17) is 22.1 Å². The summed E-state index contributed by atoms with van der Waals surface area (Å²) in [6, 6.07) is 15.6. The fraction of sp³-hybridized carbons (Fsp3) is 0.323. The van der Waals surface area contributed by atoms with E-state index in [2.05, 4.69) is 17.4 Å². The number of amides is 1. The van der Waals surface area contributed by atoms with Gasteiger partial charge in [0, 0.05) is 16.1 Å². The lowest BCUT2D eigenvalue weighted by Crippen LogP contribution is -2.16. The normalized spacial score (nSPS) is 12.6. The number of anilines is 2. The second-order valence-electron chi connectivity index (χ2n) is 9.39. The number of esters is 1. The summed E-state index contributed by atoms with van der Waals surface area (Å²) in [5.74, 6) is -0.421. The Morgan fingerprint density at radius 1 is 1.00 bits per heavy atom. The number of hydrogen-bond acceptors (Lipinski definition) is 6. The molecule has 0 fully saturated rings. The van der Waals surface area contributed by atoms with Crippen molar-refractivity contribution in [2.75, 3.05) is 18.2 Å². The Kier molecular flexibility index (Phi) is 11.3. The van der Waals surface area contributed by atoms with E-state index in [1.807, 2.05) is 24.3 Å². The Hall–Kier alpha value is -3.42. The van der Waals surface area contributed by atoms with Gasteiger partial charge in [-0.25, -0.2) is 4.79 Å². The first-order valence-electron chi connectivity index (χ1n) is 13.0. The first-order valence-corrected chi connectivity index (χ1v) is 14.2. The van der Waals surface area contributed by atoms with Crippen molar-refractivity contribution in [1.29, 1.82) is 0 Å². The number of nitrogens with two attached hydrogens (primary N) is 1. The topological polar surface area (TPSA) is 98.5 Å². The van der Waals surface area contributed by atoms with E-state index >= 15 is 0 Å². The molecule has 3 aromatic rings. The van der Waals surface area contributed by atoms with Crippen molar-refractivity contribution in [3.8, 4) is 0 Å². The summed E-state index contributed by atoms with van der Waals surface area (Å²) in [5.41, 5.74) is 12.4. The number of allylic oxidation sites excluding steroid dienone is 2. The van der Waals surface area contributed by atoms with Crippen molar-refractivity contribution in [3.05, 3.63) is 92.9 Å². The molecule has 4 rings (SSSR count). The molecule has 1 heterocycles. The van der Waals surface area contributed by atoms with Crippen molar-refractivity contribution in [2.24, 2.45) is 0 Å². The first kappa shape index (κ1) is 30.1. The zero-order chi connectivity index (χ0) is 28.4. The predicted molar refractivity (Wildman–Crippen MR) is 160 cm³/mol. The van der Waals surface area contributed by atoms with Gasteiger partial charge in [-0.3, -0.25) is 9.59 Å². The lowest BCUT2D eigenvalue weighted by atomic mass is 9.95. The number of carbonyl (C=O) groups is 3. The molecule has 2 aromatic carbocycles. The Morgan fingerprint density at radius 2 is 1.59 bits per heavy atom. The third kappa shape index (κ3) is 8.53. The average Bonchev–Trinajstić information content (AvgIpc) is 3.29. The highest BCUT2D eigenvalue weighted by atomic mass is 35.5. The van der Waals surface area contributed by atoms with Gasteiger partial charge in [-0.2, -0.15) is 0 Å². The van der Waals surface area contributed by atoms with E-state index in [0.717, 1.165) is 49.8 Å². The molecule has 1 aromatic heterocycles. The summed E-state index contributed by atoms with van der Waals surface area (Å²) < 4.78 is 4.73. The van der Waals surface area contributed by atoms with Gasteiger partial charge in [0.15, 0.2) is 0 Å². The van der Waals surface area contributed by atoms with Crippen LogP contribution in [0.3, 0.4) is 0 Å². The van der Waals surface area contributed by atoms with E-state index in [1.54, 1.807) is 43.4 Å². The molecule has 39 heavy (non-hydrogen) atoms. The third-order valence-corrected chi connectivity index (χ3v) is 8.11. The van der Waals surface area contributed by atoms with Crippen LogP contribution < -0.4 is 11.1 Å². The Balaban J connectivity index is 0.000000532. The summed E-state index contributed by atoms with van der Waals surface area (Å²) in [7, 11) is 1.39. The SMILES string of the molecule is C/C=C(\C)C(=O)Cl.COC(=O)c1ccc(CCCc2ccc(NC(=O)c3c(N)sc4c3CCCC4)cc2)cc1. The summed E-state index contributed by atoms with van der Waals surface area (Å²) in [6.07, 6.45) is 8.82. The highest BCUT2D eigenvalue weighted by Gasteiger charge is 2.24. The van der Waals surface area contributed by atoms with Gasteiger partial charge in [-0.1, -0.05) is 30.3 Å². The van der Waals surface area contributed by atoms with Gasteiger partial charge in [-0.05, 0) is 111 Å². The lowest BCUT2D eigenvalue weighted by molar-refractivity contribution is -0.108. The van der Waals surface area contributed by atoms with Gasteiger partial charge in [0.1, 0.15) is 0 Å². The minimum atomic E-state index is -0.373. The van der Waals surface area contributed by atoms with Crippen LogP contribution in [0.25, 0.3) is 0 Å². The van der Waals surface area contributed by atoms with Gasteiger partial charge in [-0.15, -0.1) is 11.3 Å². The van der Waals surface area contributed by atoms with Crippen LogP contribution in [-0.2, 0) is 35.2 Å². The van der Waals surface area contributed by atoms with Gasteiger partial charge < -0.3 is 15.8 Å². The monoisotopic (exact) mass is 566 g/mol. The number of nitrogens with one attached hydrogen (secondary N) is 1. The van der Waals surface area contributed by atoms with Crippen LogP contribution in [0.2, 0.25) is 0 Å². The number of thiophene rings is 1. The number of halogens is 1. The van der Waals surface area contributed by atoms with Gasteiger partial charge in [0.05, 0.1) is 23.2 Å². The number of ether oxygens (including phenoxy) is 1. The molecule has 1 amide bonds. The molecular weight excluding hydrogens is 532 g/mol.